The third-order valence-electron chi connectivity index (χ3n) is 5.12. The molecule has 1 heteroatoms. The highest BCUT2D eigenvalue weighted by Crippen LogP contribution is 2.35. The van der Waals surface area contributed by atoms with Crippen LogP contribution in [0.3, 0.4) is 0 Å². The highest BCUT2D eigenvalue weighted by Gasteiger charge is 2.25. The Morgan fingerprint density at radius 2 is 1.81 bits per heavy atom. The van der Waals surface area contributed by atoms with Gasteiger partial charge >= 0.3 is 0 Å². The molecule has 1 aromatic rings. The molecule has 0 saturated carbocycles. The van der Waals surface area contributed by atoms with Gasteiger partial charge < -0.3 is 5.32 Å². The maximum Gasteiger partial charge on any atom is 0.0348 e. The van der Waals surface area contributed by atoms with Crippen LogP contribution < -0.4 is 5.32 Å². The third-order valence-corrected chi connectivity index (χ3v) is 5.12. The van der Waals surface area contributed by atoms with Crippen LogP contribution in [-0.4, -0.2) is 7.05 Å². The van der Waals surface area contributed by atoms with Crippen LogP contribution in [0.2, 0.25) is 0 Å². The molecule has 0 aliphatic heterocycles. The first kappa shape index (κ1) is 16.5. The summed E-state index contributed by atoms with van der Waals surface area (Å²) in [5.41, 5.74) is 3.13. The summed E-state index contributed by atoms with van der Waals surface area (Å²) in [6.45, 7) is 2.29. The number of rotatable bonds is 8. The van der Waals surface area contributed by atoms with Gasteiger partial charge in [0.1, 0.15) is 0 Å². The van der Waals surface area contributed by atoms with E-state index in [1.54, 1.807) is 11.1 Å². The van der Waals surface area contributed by atoms with Gasteiger partial charge in [-0.3, -0.25) is 0 Å². The van der Waals surface area contributed by atoms with Gasteiger partial charge in [0, 0.05) is 6.04 Å². The molecule has 0 spiro atoms. The van der Waals surface area contributed by atoms with Gasteiger partial charge in [-0.05, 0) is 49.8 Å². The molecule has 2 unspecified atom stereocenters. The van der Waals surface area contributed by atoms with Gasteiger partial charge in [-0.2, -0.15) is 0 Å². The summed E-state index contributed by atoms with van der Waals surface area (Å²) in [4.78, 5) is 0. The standard InChI is InChI=1S/C20H33N/c1-3-4-5-6-7-8-13-18-15-11-14-17-12-9-10-16-19(17)20(18)21-2/h9-10,12,16,18,20-21H,3-8,11,13-15H2,1-2H3. The Hall–Kier alpha value is -0.820. The molecule has 2 atom stereocenters. The molecular weight excluding hydrogens is 254 g/mol. The highest BCUT2D eigenvalue weighted by atomic mass is 14.9. The first-order valence-electron chi connectivity index (χ1n) is 9.12. The molecule has 0 bridgehead atoms. The Bertz CT molecular complexity index is 399. The number of hydrogen-bond acceptors (Lipinski definition) is 1. The second kappa shape index (κ2) is 9.25. The zero-order valence-electron chi connectivity index (χ0n) is 14.0. The van der Waals surface area contributed by atoms with Gasteiger partial charge in [0.2, 0.25) is 0 Å². The van der Waals surface area contributed by atoms with Crippen LogP contribution in [0, 0.1) is 5.92 Å². The van der Waals surface area contributed by atoms with Crippen LogP contribution in [0.25, 0.3) is 0 Å². The van der Waals surface area contributed by atoms with Crippen molar-refractivity contribution in [3.05, 3.63) is 35.4 Å². The molecule has 0 fully saturated rings. The number of nitrogens with one attached hydrogen (secondary N) is 1. The molecule has 1 nitrogen and oxygen atoms in total. The van der Waals surface area contributed by atoms with E-state index in [0.29, 0.717) is 6.04 Å². The lowest BCUT2D eigenvalue weighted by Crippen LogP contribution is -2.25. The SMILES string of the molecule is CCCCCCCCC1CCCc2ccccc2C1NC. The Labute approximate surface area is 131 Å². The number of unbranched alkanes of at least 4 members (excludes halogenated alkanes) is 5. The minimum Gasteiger partial charge on any atom is -0.313 e. The van der Waals surface area contributed by atoms with Gasteiger partial charge in [0.15, 0.2) is 0 Å². The normalized spacial score (nSPS) is 21.8. The molecule has 21 heavy (non-hydrogen) atoms. The predicted molar refractivity (Wildman–Crippen MR) is 92.7 cm³/mol. The lowest BCUT2D eigenvalue weighted by molar-refractivity contribution is 0.327. The van der Waals surface area contributed by atoms with E-state index in [2.05, 4.69) is 43.6 Å². The largest absolute Gasteiger partial charge is 0.313 e. The molecule has 1 aliphatic rings. The van der Waals surface area contributed by atoms with Gasteiger partial charge in [-0.25, -0.2) is 0 Å². The van der Waals surface area contributed by atoms with Crippen molar-refractivity contribution in [2.45, 2.75) is 77.2 Å². The monoisotopic (exact) mass is 287 g/mol. The lowest BCUT2D eigenvalue weighted by atomic mass is 9.86. The zero-order valence-corrected chi connectivity index (χ0v) is 14.0. The van der Waals surface area contributed by atoms with Crippen LogP contribution in [0.5, 0.6) is 0 Å². The Morgan fingerprint density at radius 1 is 1.05 bits per heavy atom. The smallest absolute Gasteiger partial charge is 0.0348 e. The number of hydrogen-bond donors (Lipinski definition) is 1. The minimum absolute atomic E-state index is 0.569. The van der Waals surface area contributed by atoms with Gasteiger partial charge in [-0.1, -0.05) is 69.7 Å². The molecule has 0 aromatic heterocycles. The third kappa shape index (κ3) is 4.85. The molecule has 118 valence electrons. The fraction of sp³-hybridized carbons (Fsp3) is 0.700. The number of benzene rings is 1. The molecule has 0 radical (unpaired) electrons. The van der Waals surface area contributed by atoms with E-state index in [-0.39, 0.29) is 0 Å². The maximum absolute atomic E-state index is 3.61. The summed E-state index contributed by atoms with van der Waals surface area (Å²) < 4.78 is 0. The highest BCUT2D eigenvalue weighted by molar-refractivity contribution is 5.31. The zero-order chi connectivity index (χ0) is 14.9. The number of aryl methyl sites for hydroxylation is 1. The van der Waals surface area contributed by atoms with Gasteiger partial charge in [0.25, 0.3) is 0 Å². The van der Waals surface area contributed by atoms with Crippen molar-refractivity contribution in [1.82, 2.24) is 5.32 Å². The summed E-state index contributed by atoms with van der Waals surface area (Å²) in [5, 5.41) is 3.61. The fourth-order valence-electron chi connectivity index (χ4n) is 3.93. The summed E-state index contributed by atoms with van der Waals surface area (Å²) in [6.07, 6.45) is 13.9. The number of fused-ring (bicyclic) bond motifs is 1. The van der Waals surface area contributed by atoms with Crippen LogP contribution >= 0.6 is 0 Å². The summed E-state index contributed by atoms with van der Waals surface area (Å²) >= 11 is 0. The first-order chi connectivity index (χ1) is 10.4. The van der Waals surface area contributed by atoms with E-state index in [9.17, 15) is 0 Å². The van der Waals surface area contributed by atoms with Crippen molar-refractivity contribution in [3.63, 3.8) is 0 Å². The molecule has 0 heterocycles. The van der Waals surface area contributed by atoms with E-state index in [1.165, 1.54) is 64.2 Å². The van der Waals surface area contributed by atoms with Crippen molar-refractivity contribution in [2.24, 2.45) is 5.92 Å². The average molecular weight is 287 g/mol. The molecular formula is C20H33N. The van der Waals surface area contributed by atoms with Crippen molar-refractivity contribution in [3.8, 4) is 0 Å². The van der Waals surface area contributed by atoms with Crippen LogP contribution in [0.15, 0.2) is 24.3 Å². The predicted octanol–water partition coefficient (Wildman–Crippen LogP) is 5.65. The second-order valence-corrected chi connectivity index (χ2v) is 6.67. The van der Waals surface area contributed by atoms with E-state index in [4.69, 9.17) is 0 Å². The average Bonchev–Trinajstić information content (AvgIpc) is 2.69. The minimum atomic E-state index is 0.569. The molecule has 2 rings (SSSR count). The lowest BCUT2D eigenvalue weighted by Gasteiger charge is -2.26. The van der Waals surface area contributed by atoms with Crippen LogP contribution in [-0.2, 0) is 6.42 Å². The van der Waals surface area contributed by atoms with E-state index >= 15 is 0 Å². The van der Waals surface area contributed by atoms with Crippen LogP contribution in [0.1, 0.15) is 81.9 Å². The molecule has 0 saturated heterocycles. The Balaban J connectivity index is 1.87. The Morgan fingerprint density at radius 3 is 2.62 bits per heavy atom. The maximum atomic E-state index is 3.61. The summed E-state index contributed by atoms with van der Waals surface area (Å²) in [7, 11) is 2.14. The summed E-state index contributed by atoms with van der Waals surface area (Å²) in [5.74, 6) is 0.824. The van der Waals surface area contributed by atoms with E-state index in [1.807, 2.05) is 0 Å². The topological polar surface area (TPSA) is 12.0 Å². The van der Waals surface area contributed by atoms with Crippen LogP contribution in [0.4, 0.5) is 0 Å². The molecule has 0 amide bonds. The van der Waals surface area contributed by atoms with Crippen molar-refractivity contribution >= 4 is 0 Å². The molecule has 1 aliphatic carbocycles. The van der Waals surface area contributed by atoms with E-state index < -0.39 is 0 Å². The van der Waals surface area contributed by atoms with E-state index in [0.717, 1.165) is 5.92 Å². The van der Waals surface area contributed by atoms with Gasteiger partial charge in [-0.15, -0.1) is 0 Å². The second-order valence-electron chi connectivity index (χ2n) is 6.67. The molecule has 1 aromatic carbocycles. The fourth-order valence-corrected chi connectivity index (χ4v) is 3.93. The van der Waals surface area contributed by atoms with Crippen molar-refractivity contribution in [2.75, 3.05) is 7.05 Å². The quantitative estimate of drug-likeness (QED) is 0.481. The first-order valence-corrected chi connectivity index (χ1v) is 9.12. The van der Waals surface area contributed by atoms with Crippen molar-refractivity contribution < 1.29 is 0 Å². The van der Waals surface area contributed by atoms with Crippen molar-refractivity contribution in [1.29, 1.82) is 0 Å². The Kier molecular flexibility index (Phi) is 7.29. The van der Waals surface area contributed by atoms with Gasteiger partial charge in [0.05, 0.1) is 0 Å². The summed E-state index contributed by atoms with van der Waals surface area (Å²) in [6, 6.07) is 9.64. The molecule has 1 N–H and O–H groups in total.